The van der Waals surface area contributed by atoms with Gasteiger partial charge < -0.3 is 14.8 Å². The number of nitrogens with zero attached hydrogens (tertiary/aromatic N) is 8. The third-order valence-electron chi connectivity index (χ3n) is 7.99. The summed E-state index contributed by atoms with van der Waals surface area (Å²) in [7, 11) is 0. The van der Waals surface area contributed by atoms with Crippen molar-refractivity contribution in [3.8, 4) is 23.2 Å². The number of aromatic amines is 1. The van der Waals surface area contributed by atoms with Gasteiger partial charge in [0.25, 0.3) is 0 Å². The molecular formula is C27H28F3N9O2. The van der Waals surface area contributed by atoms with Gasteiger partial charge in [0.2, 0.25) is 11.7 Å². The number of aliphatic hydroxyl groups is 1. The number of nitrogens with one attached hydrogen (secondary N) is 1. The summed E-state index contributed by atoms with van der Waals surface area (Å²) >= 11 is 0. The number of piperidine rings is 1. The summed E-state index contributed by atoms with van der Waals surface area (Å²) in [6.45, 7) is 1.11. The fourth-order valence-electron chi connectivity index (χ4n) is 5.87. The zero-order valence-corrected chi connectivity index (χ0v) is 22.0. The molecule has 0 radical (unpaired) electrons. The molecule has 0 amide bonds. The second-order valence-electron chi connectivity index (χ2n) is 10.6. The van der Waals surface area contributed by atoms with Crippen molar-refractivity contribution >= 4 is 11.0 Å². The first kappa shape index (κ1) is 27.1. The van der Waals surface area contributed by atoms with E-state index in [4.69, 9.17) is 9.84 Å². The fourth-order valence-corrected chi connectivity index (χ4v) is 5.87. The highest BCUT2D eigenvalue weighted by atomic mass is 19.4. The maximum Gasteiger partial charge on any atom is 0.451 e. The molecule has 1 saturated carbocycles. The van der Waals surface area contributed by atoms with E-state index in [-0.39, 0.29) is 36.7 Å². The Labute approximate surface area is 233 Å². The second kappa shape index (κ2) is 10.7. The van der Waals surface area contributed by atoms with E-state index in [0.717, 1.165) is 48.2 Å². The van der Waals surface area contributed by atoms with Crippen molar-refractivity contribution in [1.29, 1.82) is 5.26 Å². The molecule has 0 unspecified atom stereocenters. The summed E-state index contributed by atoms with van der Waals surface area (Å²) in [5.74, 6) is -1.39. The van der Waals surface area contributed by atoms with Crippen LogP contribution in [0.25, 0.3) is 22.3 Å². The molecule has 2 fully saturated rings. The van der Waals surface area contributed by atoms with Gasteiger partial charge in [0.15, 0.2) is 0 Å². The number of H-pyrrole nitrogens is 1. The Bertz CT molecular complexity index is 1560. The monoisotopic (exact) mass is 567 g/mol. The van der Waals surface area contributed by atoms with Crippen LogP contribution in [0.5, 0.6) is 5.88 Å². The van der Waals surface area contributed by atoms with Gasteiger partial charge in [-0.2, -0.15) is 28.5 Å². The van der Waals surface area contributed by atoms with Crippen molar-refractivity contribution in [3.05, 3.63) is 48.6 Å². The van der Waals surface area contributed by atoms with Gasteiger partial charge in [-0.05, 0) is 31.7 Å². The topological polar surface area (TPSA) is 142 Å². The number of likely N-dealkylation sites (tertiary alicyclic amines) is 1. The standard InChI is InChI=1S/C27H28F3N9O2/c28-27(29,30)25-36-18(4-10-40)11-22(37-25)41-20-2-8-38(9-3-20)19-12-26(13-19,5-6-31)39-15-17(14-35-39)23-21-1-7-32-24(21)34-16-33-23/h1,7,11,14-16,19-20,40H,2-5,8-10,12-13H2,(H,32,33,34)/t19-,26-. The van der Waals surface area contributed by atoms with Gasteiger partial charge in [0.1, 0.15) is 18.1 Å². The van der Waals surface area contributed by atoms with E-state index >= 15 is 0 Å². The Kier molecular flexibility index (Phi) is 7.08. The predicted octanol–water partition coefficient (Wildman–Crippen LogP) is 3.48. The SMILES string of the molecule is N#CC[C@]1(n2cc(-c3ncnc4[nH]ccc34)cn2)C[C@H](N2CCC(Oc3cc(CCO)nc(C(F)(F)F)n3)CC2)C1. The van der Waals surface area contributed by atoms with Crippen LogP contribution in [-0.2, 0) is 18.1 Å². The highest BCUT2D eigenvalue weighted by Crippen LogP contribution is 2.45. The molecule has 4 aromatic rings. The lowest BCUT2D eigenvalue weighted by atomic mass is 9.69. The van der Waals surface area contributed by atoms with Crippen molar-refractivity contribution in [2.75, 3.05) is 19.7 Å². The van der Waals surface area contributed by atoms with E-state index in [2.05, 4.69) is 41.0 Å². The highest BCUT2D eigenvalue weighted by Gasteiger charge is 2.49. The van der Waals surface area contributed by atoms with Gasteiger partial charge in [-0.3, -0.25) is 9.58 Å². The first-order valence-electron chi connectivity index (χ1n) is 13.5. The van der Waals surface area contributed by atoms with Crippen LogP contribution in [0.3, 0.4) is 0 Å². The molecule has 0 spiro atoms. The van der Waals surface area contributed by atoms with Crippen molar-refractivity contribution in [1.82, 2.24) is 39.6 Å². The minimum Gasteiger partial charge on any atom is -0.474 e. The predicted molar refractivity (Wildman–Crippen MR) is 139 cm³/mol. The quantitative estimate of drug-likeness (QED) is 0.327. The number of aromatic nitrogens is 7. The minimum atomic E-state index is -4.70. The molecule has 5 heterocycles. The number of hydrogen-bond acceptors (Lipinski definition) is 9. The van der Waals surface area contributed by atoms with Crippen LogP contribution < -0.4 is 4.74 Å². The summed E-state index contributed by atoms with van der Waals surface area (Å²) in [6, 6.07) is 5.88. The molecular weight excluding hydrogens is 539 g/mol. The van der Waals surface area contributed by atoms with Crippen molar-refractivity contribution in [2.24, 2.45) is 0 Å². The molecule has 4 aromatic heterocycles. The maximum atomic E-state index is 13.2. The van der Waals surface area contributed by atoms with Gasteiger partial charge in [-0.15, -0.1) is 0 Å². The molecule has 2 N–H and O–H groups in total. The lowest BCUT2D eigenvalue weighted by molar-refractivity contribution is -0.145. The van der Waals surface area contributed by atoms with Crippen molar-refractivity contribution < 1.29 is 23.0 Å². The molecule has 1 saturated heterocycles. The zero-order chi connectivity index (χ0) is 28.6. The highest BCUT2D eigenvalue weighted by molar-refractivity contribution is 5.89. The average Bonchev–Trinajstić information content (AvgIpc) is 3.61. The molecule has 41 heavy (non-hydrogen) atoms. The summed E-state index contributed by atoms with van der Waals surface area (Å²) in [5, 5.41) is 24.3. The third kappa shape index (κ3) is 5.34. The lowest BCUT2D eigenvalue weighted by Gasteiger charge is -2.52. The molecule has 0 aromatic carbocycles. The largest absolute Gasteiger partial charge is 0.474 e. The first-order chi connectivity index (χ1) is 19.8. The molecule has 6 rings (SSSR count). The maximum absolute atomic E-state index is 13.2. The number of nitriles is 1. The van der Waals surface area contributed by atoms with E-state index in [0.29, 0.717) is 19.3 Å². The van der Waals surface area contributed by atoms with Crippen LogP contribution in [0.15, 0.2) is 37.1 Å². The fraction of sp³-hybridized carbons (Fsp3) is 0.481. The summed E-state index contributed by atoms with van der Waals surface area (Å²) < 4.78 is 47.5. The van der Waals surface area contributed by atoms with Gasteiger partial charge in [-0.1, -0.05) is 0 Å². The Morgan fingerprint density at radius 3 is 2.73 bits per heavy atom. The van der Waals surface area contributed by atoms with Gasteiger partial charge in [0, 0.05) is 61.6 Å². The minimum absolute atomic E-state index is 0.0141. The Balaban J connectivity index is 1.09. The van der Waals surface area contributed by atoms with Crippen molar-refractivity contribution in [3.63, 3.8) is 0 Å². The molecule has 0 bridgehead atoms. The number of halogens is 3. The van der Waals surface area contributed by atoms with E-state index in [1.807, 2.05) is 23.1 Å². The normalized spacial score (nSPS) is 22.0. The Morgan fingerprint density at radius 2 is 2.00 bits per heavy atom. The van der Waals surface area contributed by atoms with Gasteiger partial charge in [-0.25, -0.2) is 15.0 Å². The summed E-state index contributed by atoms with van der Waals surface area (Å²) in [4.78, 5) is 21.2. The van der Waals surface area contributed by atoms with Crippen LogP contribution in [0.4, 0.5) is 13.2 Å². The Hall–Kier alpha value is -4.09. The number of alkyl halides is 3. The van der Waals surface area contributed by atoms with E-state index < -0.39 is 17.5 Å². The number of fused-ring (bicyclic) bond motifs is 1. The number of rotatable bonds is 8. The van der Waals surface area contributed by atoms with Crippen LogP contribution in [0.1, 0.15) is 43.6 Å². The Morgan fingerprint density at radius 1 is 1.20 bits per heavy atom. The molecule has 2 aliphatic rings. The molecule has 11 nitrogen and oxygen atoms in total. The van der Waals surface area contributed by atoms with E-state index in [1.54, 1.807) is 6.20 Å². The molecule has 214 valence electrons. The van der Waals surface area contributed by atoms with Crippen LogP contribution in [0.2, 0.25) is 0 Å². The second-order valence-corrected chi connectivity index (χ2v) is 10.6. The average molecular weight is 568 g/mol. The van der Waals surface area contributed by atoms with Crippen LogP contribution in [0, 0.1) is 11.3 Å². The first-order valence-corrected chi connectivity index (χ1v) is 13.5. The molecule has 1 aliphatic heterocycles. The number of aliphatic hydroxyl groups excluding tert-OH is 1. The lowest BCUT2D eigenvalue weighted by Crippen LogP contribution is -2.58. The zero-order valence-electron chi connectivity index (χ0n) is 22.0. The van der Waals surface area contributed by atoms with E-state index in [9.17, 15) is 18.4 Å². The molecule has 1 aliphatic carbocycles. The third-order valence-corrected chi connectivity index (χ3v) is 7.99. The van der Waals surface area contributed by atoms with Gasteiger partial charge >= 0.3 is 6.18 Å². The van der Waals surface area contributed by atoms with Crippen LogP contribution in [-0.4, -0.2) is 76.5 Å². The van der Waals surface area contributed by atoms with Crippen LogP contribution >= 0.6 is 0 Å². The number of ether oxygens (including phenoxy) is 1. The number of hydrogen-bond donors (Lipinski definition) is 2. The summed E-state index contributed by atoms with van der Waals surface area (Å²) in [5.41, 5.74) is 2.06. The van der Waals surface area contributed by atoms with Gasteiger partial charge in [0.05, 0.1) is 35.6 Å². The smallest absolute Gasteiger partial charge is 0.451 e. The van der Waals surface area contributed by atoms with E-state index in [1.165, 1.54) is 12.4 Å². The molecule has 14 heteroatoms. The molecule has 0 atom stereocenters. The van der Waals surface area contributed by atoms with Crippen molar-refractivity contribution in [2.45, 2.75) is 62.4 Å². The summed E-state index contributed by atoms with van der Waals surface area (Å²) in [6.07, 6.45) is 5.18.